The van der Waals surface area contributed by atoms with E-state index < -0.39 is 0 Å². The number of nitrogens with zero attached hydrogens (tertiary/aromatic N) is 4. The lowest BCUT2D eigenvalue weighted by Gasteiger charge is -2.29. The molecule has 192 valence electrons. The summed E-state index contributed by atoms with van der Waals surface area (Å²) in [4.78, 5) is 15.3. The Morgan fingerprint density at radius 3 is 2.59 bits per heavy atom. The second-order valence-electron chi connectivity index (χ2n) is 10.1. The van der Waals surface area contributed by atoms with Crippen molar-refractivity contribution >= 4 is 38.9 Å². The van der Waals surface area contributed by atoms with E-state index in [2.05, 4.69) is 67.3 Å². The van der Waals surface area contributed by atoms with Crippen LogP contribution >= 0.6 is 0 Å². The Bertz CT molecular complexity index is 1790. The van der Waals surface area contributed by atoms with Crippen LogP contribution in [0.15, 0.2) is 91.9 Å². The molecule has 1 aliphatic rings. The van der Waals surface area contributed by atoms with E-state index in [1.54, 1.807) is 6.20 Å². The van der Waals surface area contributed by atoms with E-state index in [0.717, 1.165) is 69.1 Å². The number of H-pyrrole nitrogens is 2. The first-order valence-corrected chi connectivity index (χ1v) is 13.4. The van der Waals surface area contributed by atoms with Crippen molar-refractivity contribution in [3.63, 3.8) is 0 Å². The SMILES string of the molecule is C=C(Nc1cncc(-c2cc3c(-c4cc5c(N6CCCCC6)cccc5[nH]4)n[nH]c3cn2)c1)c1ccccc1. The molecule has 2 aromatic carbocycles. The van der Waals surface area contributed by atoms with Gasteiger partial charge in [-0.25, -0.2) is 0 Å². The molecule has 0 spiro atoms. The van der Waals surface area contributed by atoms with Crippen molar-refractivity contribution in [1.82, 2.24) is 25.1 Å². The van der Waals surface area contributed by atoms with Crippen LogP contribution in [0, 0.1) is 0 Å². The summed E-state index contributed by atoms with van der Waals surface area (Å²) in [6.45, 7) is 6.41. The summed E-state index contributed by atoms with van der Waals surface area (Å²) in [6.07, 6.45) is 9.28. The molecule has 7 heteroatoms. The van der Waals surface area contributed by atoms with Crippen molar-refractivity contribution in [1.29, 1.82) is 0 Å². The molecule has 7 nitrogen and oxygen atoms in total. The Labute approximate surface area is 226 Å². The monoisotopic (exact) mass is 511 g/mol. The Kier molecular flexibility index (Phi) is 5.81. The van der Waals surface area contributed by atoms with E-state index in [1.165, 1.54) is 30.3 Å². The summed E-state index contributed by atoms with van der Waals surface area (Å²) < 4.78 is 0. The molecule has 7 rings (SSSR count). The average Bonchev–Trinajstić information content (AvgIpc) is 3.62. The summed E-state index contributed by atoms with van der Waals surface area (Å²) in [7, 11) is 0. The van der Waals surface area contributed by atoms with Crippen LogP contribution in [0.4, 0.5) is 11.4 Å². The number of hydrogen-bond donors (Lipinski definition) is 3. The topological polar surface area (TPSA) is 85.5 Å². The zero-order valence-corrected chi connectivity index (χ0v) is 21.6. The molecule has 0 aliphatic carbocycles. The summed E-state index contributed by atoms with van der Waals surface area (Å²) in [5.74, 6) is 0. The van der Waals surface area contributed by atoms with Crippen molar-refractivity contribution in [2.45, 2.75) is 19.3 Å². The third kappa shape index (κ3) is 4.42. The van der Waals surface area contributed by atoms with Crippen molar-refractivity contribution in [2.75, 3.05) is 23.3 Å². The van der Waals surface area contributed by atoms with Crippen LogP contribution in [0.5, 0.6) is 0 Å². The van der Waals surface area contributed by atoms with Crippen LogP contribution in [0.1, 0.15) is 24.8 Å². The smallest absolute Gasteiger partial charge is 0.116 e. The van der Waals surface area contributed by atoms with E-state index in [-0.39, 0.29) is 0 Å². The van der Waals surface area contributed by atoms with Gasteiger partial charge < -0.3 is 15.2 Å². The lowest BCUT2D eigenvalue weighted by Crippen LogP contribution is -2.29. The van der Waals surface area contributed by atoms with Crippen molar-refractivity contribution in [2.24, 2.45) is 0 Å². The number of nitrogens with one attached hydrogen (secondary N) is 3. The van der Waals surface area contributed by atoms with Gasteiger partial charge in [-0.05, 0) is 55.2 Å². The standard InChI is InChI=1S/C32H29N7/c1-21(22-9-4-2-5-10-22)35-24-15-23(18-33-19-24)28-17-26-30(20-34-28)37-38-32(26)29-16-25-27(36-29)11-8-12-31(25)39-13-6-3-7-14-39/h2,4-5,8-12,15-20,35-36H,1,3,6-7,13-14H2,(H,37,38). The third-order valence-corrected chi connectivity index (χ3v) is 7.49. The number of benzene rings is 2. The van der Waals surface area contributed by atoms with Gasteiger partial charge in [0.1, 0.15) is 5.69 Å². The van der Waals surface area contributed by atoms with Crippen molar-refractivity contribution < 1.29 is 0 Å². The molecule has 6 aromatic rings. The molecule has 4 aromatic heterocycles. The molecule has 0 radical (unpaired) electrons. The Morgan fingerprint density at radius 1 is 0.846 bits per heavy atom. The minimum atomic E-state index is 0.817. The lowest BCUT2D eigenvalue weighted by molar-refractivity contribution is 0.579. The van der Waals surface area contributed by atoms with Gasteiger partial charge in [0, 0.05) is 52.5 Å². The molecular formula is C32H29N7. The minimum absolute atomic E-state index is 0.817. The van der Waals surface area contributed by atoms with Crippen LogP contribution in [0.3, 0.4) is 0 Å². The number of fused-ring (bicyclic) bond motifs is 2. The van der Waals surface area contributed by atoms with E-state index in [9.17, 15) is 0 Å². The zero-order valence-electron chi connectivity index (χ0n) is 21.6. The molecule has 0 amide bonds. The van der Waals surface area contributed by atoms with Gasteiger partial charge >= 0.3 is 0 Å². The predicted octanol–water partition coefficient (Wildman–Crippen LogP) is 7.24. The second kappa shape index (κ2) is 9.76. The van der Waals surface area contributed by atoms with Crippen LogP contribution in [0.25, 0.3) is 50.1 Å². The maximum Gasteiger partial charge on any atom is 0.116 e. The summed E-state index contributed by atoms with van der Waals surface area (Å²) in [5.41, 5.74) is 9.64. The number of hydrogen-bond acceptors (Lipinski definition) is 5. The molecule has 39 heavy (non-hydrogen) atoms. The summed E-state index contributed by atoms with van der Waals surface area (Å²) in [6, 6.07) is 22.9. The number of aromatic amines is 2. The van der Waals surface area contributed by atoms with Crippen LogP contribution in [-0.4, -0.2) is 38.2 Å². The van der Waals surface area contributed by atoms with E-state index >= 15 is 0 Å². The van der Waals surface area contributed by atoms with Crippen LogP contribution in [0.2, 0.25) is 0 Å². The fourth-order valence-corrected chi connectivity index (χ4v) is 5.49. The van der Waals surface area contributed by atoms with E-state index in [1.807, 2.05) is 48.8 Å². The van der Waals surface area contributed by atoms with Gasteiger partial charge in [-0.15, -0.1) is 0 Å². The third-order valence-electron chi connectivity index (χ3n) is 7.49. The highest BCUT2D eigenvalue weighted by Gasteiger charge is 2.18. The predicted molar refractivity (Wildman–Crippen MR) is 160 cm³/mol. The lowest BCUT2D eigenvalue weighted by atomic mass is 10.1. The first-order chi connectivity index (χ1) is 19.2. The second-order valence-corrected chi connectivity index (χ2v) is 10.1. The normalized spacial score (nSPS) is 13.7. The molecule has 1 saturated heterocycles. The summed E-state index contributed by atoms with van der Waals surface area (Å²) in [5, 5.41) is 13.5. The average molecular weight is 512 g/mol. The zero-order chi connectivity index (χ0) is 26.2. The van der Waals surface area contributed by atoms with Gasteiger partial charge in [0.15, 0.2) is 0 Å². The number of anilines is 2. The fraction of sp³-hybridized carbons (Fsp3) is 0.156. The van der Waals surface area contributed by atoms with Crippen LogP contribution in [-0.2, 0) is 0 Å². The van der Waals surface area contributed by atoms with Gasteiger partial charge in [0.25, 0.3) is 0 Å². The highest BCUT2D eigenvalue weighted by Crippen LogP contribution is 2.35. The number of aromatic nitrogens is 5. The molecule has 0 atom stereocenters. The van der Waals surface area contributed by atoms with Gasteiger partial charge in [-0.2, -0.15) is 5.10 Å². The first-order valence-electron chi connectivity index (χ1n) is 13.4. The number of rotatable bonds is 6. The molecule has 0 bridgehead atoms. The van der Waals surface area contributed by atoms with Crippen LogP contribution < -0.4 is 10.2 Å². The summed E-state index contributed by atoms with van der Waals surface area (Å²) >= 11 is 0. The van der Waals surface area contributed by atoms with E-state index in [4.69, 9.17) is 4.98 Å². The van der Waals surface area contributed by atoms with Gasteiger partial charge in [-0.3, -0.25) is 15.1 Å². The largest absolute Gasteiger partial charge is 0.371 e. The first kappa shape index (κ1) is 23.2. The molecule has 5 heterocycles. The molecule has 1 fully saturated rings. The maximum absolute atomic E-state index is 4.70. The Balaban J connectivity index is 1.22. The molecule has 1 aliphatic heterocycles. The number of pyridine rings is 2. The highest BCUT2D eigenvalue weighted by atomic mass is 15.1. The van der Waals surface area contributed by atoms with Gasteiger partial charge in [0.2, 0.25) is 0 Å². The molecule has 3 N–H and O–H groups in total. The van der Waals surface area contributed by atoms with Gasteiger partial charge in [-0.1, -0.05) is 43.0 Å². The molecule has 0 unspecified atom stereocenters. The quantitative estimate of drug-likeness (QED) is 0.219. The number of piperidine rings is 1. The van der Waals surface area contributed by atoms with Crippen molar-refractivity contribution in [3.8, 4) is 22.6 Å². The van der Waals surface area contributed by atoms with Crippen molar-refractivity contribution in [3.05, 3.63) is 97.5 Å². The Hall–Kier alpha value is -4.91. The Morgan fingerprint density at radius 2 is 1.72 bits per heavy atom. The van der Waals surface area contributed by atoms with Gasteiger partial charge in [0.05, 0.1) is 35.0 Å². The molecular weight excluding hydrogens is 482 g/mol. The molecule has 0 saturated carbocycles. The highest BCUT2D eigenvalue weighted by molar-refractivity contribution is 6.00. The van der Waals surface area contributed by atoms with E-state index in [0.29, 0.717) is 0 Å². The fourth-order valence-electron chi connectivity index (χ4n) is 5.49. The minimum Gasteiger partial charge on any atom is -0.371 e. The maximum atomic E-state index is 4.70.